The molecule has 6 nitrogen and oxygen atoms in total. The highest BCUT2D eigenvalue weighted by atomic mass is 16.5. The highest BCUT2D eigenvalue weighted by Gasteiger charge is 2.29. The average Bonchev–Trinajstić information content (AvgIpc) is 2.82. The molecule has 0 bridgehead atoms. The summed E-state index contributed by atoms with van der Waals surface area (Å²) >= 11 is 0. The number of rotatable bonds is 4. The lowest BCUT2D eigenvalue weighted by atomic mass is 9.99. The molecule has 5 rings (SSSR count). The molecule has 168 valence electrons. The molecule has 2 aromatic heterocycles. The van der Waals surface area contributed by atoms with Crippen LogP contribution in [-0.4, -0.2) is 58.2 Å². The maximum absolute atomic E-state index is 6.11. The molecule has 1 aromatic carbocycles. The van der Waals surface area contributed by atoms with E-state index in [1.807, 2.05) is 12.1 Å². The lowest BCUT2D eigenvalue weighted by Crippen LogP contribution is -2.49. The molecule has 0 atom stereocenters. The molecule has 0 saturated carbocycles. The zero-order valence-electron chi connectivity index (χ0n) is 19.4. The minimum atomic E-state index is 0.302. The van der Waals surface area contributed by atoms with Crippen LogP contribution in [0.3, 0.4) is 0 Å². The lowest BCUT2D eigenvalue weighted by Gasteiger charge is -2.41. The van der Waals surface area contributed by atoms with E-state index in [0.29, 0.717) is 12.1 Å². The van der Waals surface area contributed by atoms with Crippen molar-refractivity contribution in [3.8, 4) is 5.75 Å². The van der Waals surface area contributed by atoms with E-state index in [4.69, 9.17) is 14.7 Å². The first-order chi connectivity index (χ1) is 15.6. The van der Waals surface area contributed by atoms with Crippen LogP contribution >= 0.6 is 0 Å². The lowest BCUT2D eigenvalue weighted by molar-refractivity contribution is 0.0671. The third-order valence-electron chi connectivity index (χ3n) is 7.17. The largest absolute Gasteiger partial charge is 0.489 e. The summed E-state index contributed by atoms with van der Waals surface area (Å²) in [4.78, 5) is 19.0. The van der Waals surface area contributed by atoms with Gasteiger partial charge in [0, 0.05) is 43.8 Å². The molecule has 0 spiro atoms. The summed E-state index contributed by atoms with van der Waals surface area (Å²) in [5.41, 5.74) is 4.72. The summed E-state index contributed by atoms with van der Waals surface area (Å²) in [6, 6.07) is 9.00. The van der Waals surface area contributed by atoms with Crippen LogP contribution in [0.2, 0.25) is 0 Å². The highest BCUT2D eigenvalue weighted by molar-refractivity contribution is 5.83. The second-order valence-corrected chi connectivity index (χ2v) is 9.32. The van der Waals surface area contributed by atoms with Crippen LogP contribution in [0.15, 0.2) is 36.7 Å². The van der Waals surface area contributed by atoms with Crippen LogP contribution < -0.4 is 9.64 Å². The van der Waals surface area contributed by atoms with Crippen LogP contribution in [0.5, 0.6) is 5.75 Å². The van der Waals surface area contributed by atoms with Gasteiger partial charge in [0.1, 0.15) is 11.9 Å². The topological polar surface area (TPSA) is 54.4 Å². The number of piperidine rings is 2. The van der Waals surface area contributed by atoms with Gasteiger partial charge >= 0.3 is 0 Å². The Morgan fingerprint density at radius 3 is 2.38 bits per heavy atom. The molecule has 6 heteroatoms. The molecule has 0 N–H and O–H groups in total. The molecule has 0 aliphatic carbocycles. The van der Waals surface area contributed by atoms with Crippen molar-refractivity contribution in [3.63, 3.8) is 0 Å². The maximum Gasteiger partial charge on any atom is 0.226 e. The quantitative estimate of drug-likeness (QED) is 0.608. The number of aryl methyl sites for hydroxylation is 3. The predicted molar refractivity (Wildman–Crippen MR) is 128 cm³/mol. The summed E-state index contributed by atoms with van der Waals surface area (Å²) in [5.74, 6) is 1.77. The summed E-state index contributed by atoms with van der Waals surface area (Å²) in [7, 11) is 0. The predicted octanol–water partition coefficient (Wildman–Crippen LogP) is 4.46. The first kappa shape index (κ1) is 21.1. The molecular formula is C26H33N5O. The number of hydrogen-bond acceptors (Lipinski definition) is 6. The fourth-order valence-corrected chi connectivity index (χ4v) is 5.07. The number of benzene rings is 1. The molecule has 0 unspecified atom stereocenters. The maximum atomic E-state index is 6.11. The Morgan fingerprint density at radius 1 is 0.906 bits per heavy atom. The molecule has 4 heterocycles. The number of aromatic nitrogens is 3. The fraction of sp³-hybridized carbons (Fsp3) is 0.500. The number of ether oxygens (including phenoxy) is 1. The second-order valence-electron chi connectivity index (χ2n) is 9.32. The average molecular weight is 432 g/mol. The van der Waals surface area contributed by atoms with Crippen molar-refractivity contribution in [2.24, 2.45) is 0 Å². The fourth-order valence-electron chi connectivity index (χ4n) is 5.07. The van der Waals surface area contributed by atoms with Gasteiger partial charge in [-0.25, -0.2) is 9.97 Å². The van der Waals surface area contributed by atoms with Gasteiger partial charge in [-0.05, 0) is 81.8 Å². The zero-order valence-corrected chi connectivity index (χ0v) is 19.4. The van der Waals surface area contributed by atoms with E-state index in [9.17, 15) is 0 Å². The Hall–Kier alpha value is -2.73. The summed E-state index contributed by atoms with van der Waals surface area (Å²) < 4.78 is 6.11. The van der Waals surface area contributed by atoms with Crippen LogP contribution in [0.4, 0.5) is 5.95 Å². The molecule has 2 aliphatic rings. The first-order valence-electron chi connectivity index (χ1n) is 11.9. The molecule has 2 fully saturated rings. The molecular weight excluding hydrogens is 398 g/mol. The van der Waals surface area contributed by atoms with Crippen molar-refractivity contribution in [2.45, 2.75) is 58.6 Å². The number of hydrogen-bond donors (Lipinski definition) is 0. The highest BCUT2D eigenvalue weighted by Crippen LogP contribution is 2.27. The van der Waals surface area contributed by atoms with E-state index in [2.05, 4.69) is 47.7 Å². The van der Waals surface area contributed by atoms with Crippen molar-refractivity contribution in [3.05, 3.63) is 53.5 Å². The van der Waals surface area contributed by atoms with Crippen LogP contribution in [0.25, 0.3) is 10.9 Å². The standard InChI is InChI=1S/C26H33N5O/c1-18-15-24-20(3)28-26(29-25(24)16-19(18)2)31-11-6-21(7-12-31)30-13-8-22(9-14-30)32-23-5-4-10-27-17-23/h4-5,10,15-17,21-22H,6-9,11-14H2,1-3H3. The number of pyridine rings is 1. The number of likely N-dealkylation sites (tertiary alicyclic amines) is 1. The van der Waals surface area contributed by atoms with Crippen molar-refractivity contribution >= 4 is 16.9 Å². The Morgan fingerprint density at radius 2 is 1.66 bits per heavy atom. The normalized spacial score (nSPS) is 18.9. The third kappa shape index (κ3) is 4.42. The van der Waals surface area contributed by atoms with E-state index < -0.39 is 0 Å². The van der Waals surface area contributed by atoms with Crippen LogP contribution in [0, 0.1) is 20.8 Å². The van der Waals surface area contributed by atoms with Gasteiger partial charge in [0.15, 0.2) is 0 Å². The molecule has 2 saturated heterocycles. The van der Waals surface area contributed by atoms with Crippen molar-refractivity contribution < 1.29 is 4.74 Å². The first-order valence-corrected chi connectivity index (χ1v) is 11.9. The minimum absolute atomic E-state index is 0.302. The van der Waals surface area contributed by atoms with E-state index in [1.54, 1.807) is 12.4 Å². The molecule has 2 aliphatic heterocycles. The molecule has 3 aromatic rings. The van der Waals surface area contributed by atoms with Gasteiger partial charge in [0.25, 0.3) is 0 Å². The van der Waals surface area contributed by atoms with E-state index in [0.717, 1.165) is 61.9 Å². The summed E-state index contributed by atoms with van der Waals surface area (Å²) in [6.07, 6.45) is 8.40. The molecule has 0 amide bonds. The minimum Gasteiger partial charge on any atom is -0.489 e. The SMILES string of the molecule is Cc1cc2nc(N3CCC(N4CCC(Oc5cccnc5)CC4)CC3)nc(C)c2cc1C. The number of anilines is 1. The smallest absolute Gasteiger partial charge is 0.226 e. The van der Waals surface area contributed by atoms with Gasteiger partial charge in [0.2, 0.25) is 5.95 Å². The monoisotopic (exact) mass is 431 g/mol. The summed E-state index contributed by atoms with van der Waals surface area (Å²) in [5, 5.41) is 1.17. The van der Waals surface area contributed by atoms with Crippen molar-refractivity contribution in [2.75, 3.05) is 31.1 Å². The van der Waals surface area contributed by atoms with Crippen LogP contribution in [-0.2, 0) is 0 Å². The van der Waals surface area contributed by atoms with E-state index >= 15 is 0 Å². The van der Waals surface area contributed by atoms with Crippen LogP contribution in [0.1, 0.15) is 42.5 Å². The van der Waals surface area contributed by atoms with Gasteiger partial charge in [-0.3, -0.25) is 9.88 Å². The zero-order chi connectivity index (χ0) is 22.1. The van der Waals surface area contributed by atoms with Gasteiger partial charge in [0.05, 0.1) is 17.4 Å². The van der Waals surface area contributed by atoms with Gasteiger partial charge in [-0.2, -0.15) is 0 Å². The Labute approximate surface area is 190 Å². The van der Waals surface area contributed by atoms with Gasteiger partial charge in [-0.15, -0.1) is 0 Å². The Bertz CT molecular complexity index is 1070. The summed E-state index contributed by atoms with van der Waals surface area (Å²) in [6.45, 7) is 10.7. The van der Waals surface area contributed by atoms with Gasteiger partial charge < -0.3 is 9.64 Å². The molecule has 32 heavy (non-hydrogen) atoms. The van der Waals surface area contributed by atoms with Gasteiger partial charge in [-0.1, -0.05) is 0 Å². The van der Waals surface area contributed by atoms with Crippen molar-refractivity contribution in [1.82, 2.24) is 19.9 Å². The van der Waals surface area contributed by atoms with E-state index in [-0.39, 0.29) is 0 Å². The molecule has 0 radical (unpaired) electrons. The Balaban J connectivity index is 1.17. The number of nitrogens with zero attached hydrogens (tertiary/aromatic N) is 5. The Kier molecular flexibility index (Phi) is 5.96. The third-order valence-corrected chi connectivity index (χ3v) is 7.17. The van der Waals surface area contributed by atoms with E-state index in [1.165, 1.54) is 29.4 Å². The van der Waals surface area contributed by atoms with Crippen molar-refractivity contribution in [1.29, 1.82) is 0 Å². The second kappa shape index (κ2) is 9.02. The number of fused-ring (bicyclic) bond motifs is 1.